The van der Waals surface area contributed by atoms with Crippen LogP contribution >= 0.6 is 0 Å². The van der Waals surface area contributed by atoms with E-state index in [1.807, 2.05) is 97.1 Å². The summed E-state index contributed by atoms with van der Waals surface area (Å²) in [4.78, 5) is 0. The van der Waals surface area contributed by atoms with Crippen molar-refractivity contribution in [2.24, 2.45) is 0 Å². The van der Waals surface area contributed by atoms with Gasteiger partial charge in [0.2, 0.25) is 0 Å². The Morgan fingerprint density at radius 3 is 1.35 bits per heavy atom. The molecule has 0 radical (unpaired) electrons. The van der Waals surface area contributed by atoms with Crippen molar-refractivity contribution in [3.63, 3.8) is 0 Å². The molecule has 3 heteroatoms. The highest BCUT2D eigenvalue weighted by atomic mass is 19.1. The lowest BCUT2D eigenvalue weighted by Crippen LogP contribution is -2.36. The van der Waals surface area contributed by atoms with E-state index < -0.39 is 17.9 Å². The maximum Gasteiger partial charge on any atom is 0.153 e. The highest BCUT2D eigenvalue weighted by molar-refractivity contribution is 5.47. The van der Waals surface area contributed by atoms with Gasteiger partial charge in [0, 0.05) is 0 Å². The highest BCUT2D eigenvalue weighted by Gasteiger charge is 2.38. The molecule has 0 bridgehead atoms. The molecule has 0 spiro atoms. The summed E-state index contributed by atoms with van der Waals surface area (Å²) in [5.41, 5.74) is 2.18. The third kappa shape index (κ3) is 4.43. The van der Waals surface area contributed by atoms with Gasteiger partial charge in [0.25, 0.3) is 0 Å². The quantitative estimate of drug-likeness (QED) is 0.356. The number of benzene rings is 4. The van der Waals surface area contributed by atoms with Gasteiger partial charge in [-0.15, -0.1) is 0 Å². The van der Waals surface area contributed by atoms with Gasteiger partial charge in [-0.3, -0.25) is 0 Å². The van der Waals surface area contributed by atoms with Crippen LogP contribution in [0.3, 0.4) is 0 Å². The molecule has 0 amide bonds. The lowest BCUT2D eigenvalue weighted by molar-refractivity contribution is -0.0617. The topological polar surface area (TPSA) is 29.5 Å². The number of aliphatic hydroxyl groups is 1. The Hall–Kier alpha value is -3.27. The summed E-state index contributed by atoms with van der Waals surface area (Å²) in [6.07, 6.45) is -2.85. The molecule has 4 aromatic rings. The first-order valence-electron chi connectivity index (χ1n) is 10.4. The first-order valence-corrected chi connectivity index (χ1v) is 10.4. The Balaban J connectivity index is 1.75. The van der Waals surface area contributed by atoms with E-state index in [0.29, 0.717) is 5.56 Å². The van der Waals surface area contributed by atoms with Crippen molar-refractivity contribution in [2.75, 3.05) is 6.61 Å². The molecule has 0 aliphatic heterocycles. The Kier molecular flexibility index (Phi) is 6.56. The van der Waals surface area contributed by atoms with Crippen molar-refractivity contribution < 1.29 is 14.2 Å². The van der Waals surface area contributed by atoms with E-state index in [4.69, 9.17) is 4.74 Å². The van der Waals surface area contributed by atoms with Crippen LogP contribution in [0.15, 0.2) is 121 Å². The minimum absolute atomic E-state index is 0.172. The zero-order valence-electron chi connectivity index (χ0n) is 17.1. The molecule has 0 unspecified atom stereocenters. The summed E-state index contributed by atoms with van der Waals surface area (Å²) in [5.74, 6) is 0. The average Bonchev–Trinajstić information content (AvgIpc) is 2.86. The van der Waals surface area contributed by atoms with Gasteiger partial charge in [-0.05, 0) is 22.3 Å². The highest BCUT2D eigenvalue weighted by Crippen LogP contribution is 2.41. The van der Waals surface area contributed by atoms with Crippen molar-refractivity contribution in [1.29, 1.82) is 0 Å². The van der Waals surface area contributed by atoms with Crippen LogP contribution in [-0.2, 0) is 10.3 Å². The fourth-order valence-electron chi connectivity index (χ4n) is 3.92. The Morgan fingerprint density at radius 2 is 0.968 bits per heavy atom. The van der Waals surface area contributed by atoms with Crippen LogP contribution in [0.2, 0.25) is 0 Å². The first kappa shape index (κ1) is 21.0. The molecule has 0 aliphatic rings. The SMILES string of the molecule is O[C@H](COC(c1ccccc1)(c1ccccc1)c1ccccc1)[C@H](F)c1ccccc1. The third-order valence-corrected chi connectivity index (χ3v) is 5.47. The summed E-state index contributed by atoms with van der Waals surface area (Å²) >= 11 is 0. The molecule has 2 nitrogen and oxygen atoms in total. The van der Waals surface area contributed by atoms with Crippen LogP contribution < -0.4 is 0 Å². The molecule has 0 aromatic heterocycles. The smallest absolute Gasteiger partial charge is 0.153 e. The summed E-state index contributed by atoms with van der Waals surface area (Å²) in [6, 6.07) is 38.3. The molecule has 4 aromatic carbocycles. The van der Waals surface area contributed by atoms with Gasteiger partial charge in [-0.25, -0.2) is 4.39 Å². The van der Waals surface area contributed by atoms with E-state index in [0.717, 1.165) is 16.7 Å². The zero-order valence-corrected chi connectivity index (χ0v) is 17.1. The predicted octanol–water partition coefficient (Wildman–Crippen LogP) is 6.07. The number of ether oxygens (including phenoxy) is 1. The van der Waals surface area contributed by atoms with Crippen LogP contribution in [0.4, 0.5) is 4.39 Å². The zero-order chi connectivity index (χ0) is 21.5. The second-order valence-corrected chi connectivity index (χ2v) is 7.47. The summed E-state index contributed by atoms with van der Waals surface area (Å²) < 4.78 is 21.5. The largest absolute Gasteiger partial charge is 0.387 e. The first-order chi connectivity index (χ1) is 15.2. The number of hydrogen-bond acceptors (Lipinski definition) is 2. The normalized spacial score (nSPS) is 13.5. The molecule has 0 fully saturated rings. The third-order valence-electron chi connectivity index (χ3n) is 5.47. The van der Waals surface area contributed by atoms with Crippen LogP contribution in [0.25, 0.3) is 0 Å². The number of rotatable bonds is 8. The predicted molar refractivity (Wildman–Crippen MR) is 121 cm³/mol. The molecule has 0 saturated heterocycles. The monoisotopic (exact) mass is 412 g/mol. The van der Waals surface area contributed by atoms with Crippen LogP contribution in [-0.4, -0.2) is 17.8 Å². The molecule has 2 atom stereocenters. The van der Waals surface area contributed by atoms with Crippen LogP contribution in [0, 0.1) is 0 Å². The fraction of sp³-hybridized carbons (Fsp3) is 0.143. The van der Waals surface area contributed by atoms with E-state index in [1.165, 1.54) is 0 Å². The summed E-state index contributed by atoms with van der Waals surface area (Å²) in [6.45, 7) is -0.172. The number of halogens is 1. The van der Waals surface area contributed by atoms with Gasteiger partial charge in [-0.2, -0.15) is 0 Å². The molecule has 1 N–H and O–H groups in total. The van der Waals surface area contributed by atoms with Crippen molar-refractivity contribution in [3.05, 3.63) is 144 Å². The van der Waals surface area contributed by atoms with Gasteiger partial charge in [0.1, 0.15) is 11.7 Å². The van der Waals surface area contributed by atoms with Gasteiger partial charge >= 0.3 is 0 Å². The van der Waals surface area contributed by atoms with Gasteiger partial charge in [0.15, 0.2) is 6.17 Å². The molecule has 0 saturated carbocycles. The van der Waals surface area contributed by atoms with E-state index in [9.17, 15) is 9.50 Å². The molecule has 31 heavy (non-hydrogen) atoms. The second-order valence-electron chi connectivity index (χ2n) is 7.47. The fourth-order valence-corrected chi connectivity index (χ4v) is 3.92. The number of hydrogen-bond donors (Lipinski definition) is 1. The minimum atomic E-state index is -1.54. The van der Waals surface area contributed by atoms with Gasteiger partial charge in [-0.1, -0.05) is 121 Å². The van der Waals surface area contributed by atoms with Crippen molar-refractivity contribution >= 4 is 0 Å². The molecule has 0 heterocycles. The Bertz CT molecular complexity index is 957. The summed E-state index contributed by atoms with van der Waals surface area (Å²) in [5, 5.41) is 10.7. The van der Waals surface area contributed by atoms with Gasteiger partial charge in [0.05, 0.1) is 6.61 Å². The maximum absolute atomic E-state index is 15.0. The Morgan fingerprint density at radius 1 is 0.613 bits per heavy atom. The number of alkyl halides is 1. The lowest BCUT2D eigenvalue weighted by atomic mass is 9.80. The van der Waals surface area contributed by atoms with Crippen molar-refractivity contribution in [2.45, 2.75) is 17.9 Å². The van der Waals surface area contributed by atoms with Crippen LogP contribution in [0.1, 0.15) is 28.4 Å². The maximum atomic E-state index is 15.0. The molecule has 156 valence electrons. The lowest BCUT2D eigenvalue weighted by Gasteiger charge is -2.37. The van der Waals surface area contributed by atoms with E-state index in [2.05, 4.69) is 0 Å². The molecular weight excluding hydrogens is 387 g/mol. The van der Waals surface area contributed by atoms with Gasteiger partial charge < -0.3 is 9.84 Å². The van der Waals surface area contributed by atoms with E-state index in [-0.39, 0.29) is 6.61 Å². The summed E-state index contributed by atoms with van der Waals surface area (Å²) in [7, 11) is 0. The number of aliphatic hydroxyl groups excluding tert-OH is 1. The minimum Gasteiger partial charge on any atom is -0.387 e. The molecule has 4 rings (SSSR count). The van der Waals surface area contributed by atoms with Crippen molar-refractivity contribution in [1.82, 2.24) is 0 Å². The molecular formula is C28H25FO2. The van der Waals surface area contributed by atoms with Crippen LogP contribution in [0.5, 0.6) is 0 Å². The van der Waals surface area contributed by atoms with E-state index in [1.54, 1.807) is 24.3 Å². The second kappa shape index (κ2) is 9.69. The average molecular weight is 413 g/mol. The standard InChI is InChI=1S/C28H25FO2/c29-27(22-13-5-1-6-14-22)26(30)21-31-28(23-15-7-2-8-16-23,24-17-9-3-10-18-24)25-19-11-4-12-20-25/h1-20,26-27,30H,21H2/t26-,27-/m1/s1. The van der Waals surface area contributed by atoms with Crippen molar-refractivity contribution in [3.8, 4) is 0 Å². The molecule has 0 aliphatic carbocycles. The van der Waals surface area contributed by atoms with E-state index >= 15 is 0 Å². The Labute approximate surface area is 182 Å².